The number of anilines is 1. The standard InChI is InChI=1S/C18H17ClN2O2/c19-9-1-3-10(4-2-9)20-8-21-17(22)15-11-5-6-12(14-7-13(11)14)16(15)18(21)23/h1-6,11-16,20H,7-8H2/t11-,12-,13-,14-,15+,16+/m0/s1. The molecule has 4 aliphatic carbocycles. The monoisotopic (exact) mass is 328 g/mol. The summed E-state index contributed by atoms with van der Waals surface area (Å²) in [5.74, 6) is 1.64. The van der Waals surface area contributed by atoms with E-state index in [1.807, 2.05) is 12.1 Å². The van der Waals surface area contributed by atoms with Crippen LogP contribution in [0, 0.1) is 35.5 Å². The Labute approximate surface area is 139 Å². The number of allylic oxidation sites excluding steroid dienone is 2. The van der Waals surface area contributed by atoms with Crippen molar-refractivity contribution in [3.63, 3.8) is 0 Å². The first-order chi connectivity index (χ1) is 11.1. The van der Waals surface area contributed by atoms with Gasteiger partial charge in [-0.2, -0.15) is 0 Å². The number of nitrogens with zero attached hydrogens (tertiary/aromatic N) is 1. The highest BCUT2D eigenvalue weighted by molar-refractivity contribution is 6.30. The van der Waals surface area contributed by atoms with Gasteiger partial charge in [0.15, 0.2) is 0 Å². The van der Waals surface area contributed by atoms with E-state index in [-0.39, 0.29) is 42.2 Å². The Morgan fingerprint density at radius 1 is 1.00 bits per heavy atom. The van der Waals surface area contributed by atoms with E-state index in [9.17, 15) is 9.59 Å². The third-order valence-corrected chi connectivity index (χ3v) is 6.29. The minimum atomic E-state index is -0.117. The molecule has 0 aromatic heterocycles. The molecular weight excluding hydrogens is 312 g/mol. The second-order valence-electron chi connectivity index (χ2n) is 7.10. The maximum absolute atomic E-state index is 12.8. The van der Waals surface area contributed by atoms with E-state index in [1.165, 1.54) is 11.3 Å². The van der Waals surface area contributed by atoms with E-state index < -0.39 is 0 Å². The maximum atomic E-state index is 12.8. The van der Waals surface area contributed by atoms with Crippen LogP contribution in [0.25, 0.3) is 0 Å². The molecule has 1 aliphatic heterocycles. The Morgan fingerprint density at radius 3 is 2.13 bits per heavy atom. The van der Waals surface area contributed by atoms with Crippen molar-refractivity contribution in [3.8, 4) is 0 Å². The van der Waals surface area contributed by atoms with Crippen LogP contribution < -0.4 is 5.32 Å². The summed E-state index contributed by atoms with van der Waals surface area (Å²) in [4.78, 5) is 27.0. The number of halogens is 1. The van der Waals surface area contributed by atoms with Gasteiger partial charge in [-0.3, -0.25) is 14.5 Å². The van der Waals surface area contributed by atoms with Crippen LogP contribution in [0.4, 0.5) is 5.69 Å². The van der Waals surface area contributed by atoms with Gasteiger partial charge in [0.2, 0.25) is 11.8 Å². The number of carbonyl (C=O) groups is 2. The fourth-order valence-corrected chi connectivity index (χ4v) is 5.04. The molecule has 1 N–H and O–H groups in total. The molecule has 1 saturated heterocycles. The molecule has 0 radical (unpaired) electrons. The number of hydrogen-bond donors (Lipinski definition) is 1. The van der Waals surface area contributed by atoms with Crippen LogP contribution in [0.1, 0.15) is 6.42 Å². The molecule has 118 valence electrons. The fourth-order valence-electron chi connectivity index (χ4n) is 4.91. The summed E-state index contributed by atoms with van der Waals surface area (Å²) in [7, 11) is 0. The highest BCUT2D eigenvalue weighted by Crippen LogP contribution is 2.65. The normalized spacial score (nSPS) is 39.4. The number of amides is 2. The first-order valence-corrected chi connectivity index (χ1v) is 8.56. The lowest BCUT2D eigenvalue weighted by atomic mass is 9.63. The van der Waals surface area contributed by atoms with E-state index in [2.05, 4.69) is 17.5 Å². The van der Waals surface area contributed by atoms with E-state index >= 15 is 0 Å². The molecule has 0 spiro atoms. The highest BCUT2D eigenvalue weighted by Gasteiger charge is 2.66. The van der Waals surface area contributed by atoms with Gasteiger partial charge in [-0.05, 0) is 54.4 Å². The average Bonchev–Trinajstić information content (AvgIpc) is 3.33. The van der Waals surface area contributed by atoms with E-state index in [0.29, 0.717) is 16.9 Å². The van der Waals surface area contributed by atoms with Crippen molar-refractivity contribution in [2.45, 2.75) is 6.42 Å². The Kier molecular flexibility index (Phi) is 2.72. The summed E-state index contributed by atoms with van der Waals surface area (Å²) >= 11 is 5.87. The molecule has 1 aromatic carbocycles. The maximum Gasteiger partial charge on any atom is 0.235 e. The summed E-state index contributed by atoms with van der Waals surface area (Å²) in [5.41, 5.74) is 0.855. The molecule has 4 nitrogen and oxygen atoms in total. The average molecular weight is 329 g/mol. The zero-order valence-corrected chi connectivity index (χ0v) is 13.2. The lowest BCUT2D eigenvalue weighted by Crippen LogP contribution is -2.40. The van der Waals surface area contributed by atoms with Crippen molar-refractivity contribution in [3.05, 3.63) is 41.4 Å². The third kappa shape index (κ3) is 1.84. The lowest BCUT2D eigenvalue weighted by molar-refractivity contribution is -0.139. The molecule has 23 heavy (non-hydrogen) atoms. The number of imide groups is 1. The number of hydrogen-bond acceptors (Lipinski definition) is 3. The van der Waals surface area contributed by atoms with Gasteiger partial charge in [0, 0.05) is 10.7 Å². The van der Waals surface area contributed by atoms with Crippen molar-refractivity contribution in [2.24, 2.45) is 35.5 Å². The molecule has 0 unspecified atom stereocenters. The Morgan fingerprint density at radius 2 is 1.57 bits per heavy atom. The van der Waals surface area contributed by atoms with Crippen molar-refractivity contribution in [1.82, 2.24) is 4.90 Å². The quantitative estimate of drug-likeness (QED) is 0.685. The van der Waals surface area contributed by atoms with Gasteiger partial charge < -0.3 is 5.32 Å². The molecule has 6 atom stereocenters. The van der Waals surface area contributed by atoms with Crippen LogP contribution in [0.2, 0.25) is 5.02 Å². The van der Waals surface area contributed by atoms with Crippen molar-refractivity contribution < 1.29 is 9.59 Å². The summed E-state index contributed by atoms with van der Waals surface area (Å²) in [6, 6.07) is 7.27. The lowest BCUT2D eigenvalue weighted by Gasteiger charge is -2.37. The van der Waals surface area contributed by atoms with Gasteiger partial charge in [0.05, 0.1) is 18.5 Å². The van der Waals surface area contributed by atoms with Crippen LogP contribution in [-0.4, -0.2) is 23.4 Å². The zero-order valence-electron chi connectivity index (χ0n) is 12.5. The molecule has 2 saturated carbocycles. The number of nitrogens with one attached hydrogen (secondary N) is 1. The van der Waals surface area contributed by atoms with Gasteiger partial charge in [-0.15, -0.1) is 0 Å². The van der Waals surface area contributed by atoms with Crippen LogP contribution in [0.15, 0.2) is 36.4 Å². The van der Waals surface area contributed by atoms with E-state index in [1.54, 1.807) is 12.1 Å². The largest absolute Gasteiger partial charge is 0.367 e. The van der Waals surface area contributed by atoms with Crippen LogP contribution >= 0.6 is 11.6 Å². The molecular formula is C18H17ClN2O2. The van der Waals surface area contributed by atoms with Crippen LogP contribution in [-0.2, 0) is 9.59 Å². The number of carbonyl (C=O) groups excluding carboxylic acids is 2. The molecule has 1 aromatic rings. The van der Waals surface area contributed by atoms with Gasteiger partial charge in [0.25, 0.3) is 0 Å². The number of benzene rings is 1. The van der Waals surface area contributed by atoms with Gasteiger partial charge in [-0.1, -0.05) is 23.8 Å². The molecule has 5 aliphatic rings. The van der Waals surface area contributed by atoms with Gasteiger partial charge in [0.1, 0.15) is 0 Å². The summed E-state index contributed by atoms with van der Waals surface area (Å²) < 4.78 is 0. The molecule has 3 fully saturated rings. The summed E-state index contributed by atoms with van der Waals surface area (Å²) in [6.07, 6.45) is 5.58. The van der Waals surface area contributed by atoms with Crippen molar-refractivity contribution in [1.29, 1.82) is 0 Å². The summed E-state index contributed by atoms with van der Waals surface area (Å²) in [5, 5.41) is 3.83. The molecule has 1 heterocycles. The Bertz CT molecular complexity index is 693. The van der Waals surface area contributed by atoms with Crippen LogP contribution in [0.3, 0.4) is 0 Å². The minimum Gasteiger partial charge on any atom is -0.367 e. The van der Waals surface area contributed by atoms with E-state index in [0.717, 1.165) is 5.69 Å². The van der Waals surface area contributed by atoms with E-state index in [4.69, 9.17) is 11.6 Å². The smallest absolute Gasteiger partial charge is 0.235 e. The SMILES string of the molecule is O=C1[C@@H]2[C@H]3C=C[C@@H]([C@@H]4C[C@@H]34)[C@H]2C(=O)N1CNc1ccc(Cl)cc1. The third-order valence-electron chi connectivity index (χ3n) is 6.04. The summed E-state index contributed by atoms with van der Waals surface area (Å²) in [6.45, 7) is 0.237. The van der Waals surface area contributed by atoms with Gasteiger partial charge in [-0.25, -0.2) is 0 Å². The zero-order chi connectivity index (χ0) is 15.7. The Hall–Kier alpha value is -1.81. The second-order valence-corrected chi connectivity index (χ2v) is 7.54. The Balaban J connectivity index is 1.36. The molecule has 5 heteroatoms. The minimum absolute atomic E-state index is 0.00571. The second kappa shape index (κ2) is 4.60. The first kappa shape index (κ1) is 13.6. The number of rotatable bonds is 3. The topological polar surface area (TPSA) is 49.4 Å². The first-order valence-electron chi connectivity index (χ1n) is 8.18. The predicted molar refractivity (Wildman–Crippen MR) is 86.5 cm³/mol. The molecule has 2 amide bonds. The molecule has 6 rings (SSSR count). The number of likely N-dealkylation sites (tertiary alicyclic amines) is 1. The van der Waals surface area contributed by atoms with Crippen molar-refractivity contribution in [2.75, 3.05) is 12.0 Å². The fraction of sp³-hybridized carbons (Fsp3) is 0.444. The molecule has 2 bridgehead atoms. The van der Waals surface area contributed by atoms with Crippen molar-refractivity contribution >= 4 is 29.1 Å². The predicted octanol–water partition coefficient (Wildman–Crippen LogP) is 2.76. The highest BCUT2D eigenvalue weighted by atomic mass is 35.5. The van der Waals surface area contributed by atoms with Gasteiger partial charge >= 0.3 is 0 Å². The van der Waals surface area contributed by atoms with Crippen LogP contribution in [0.5, 0.6) is 0 Å².